The molecule has 1 amide bonds. The molecule has 25 heavy (non-hydrogen) atoms. The Balaban J connectivity index is 1.52. The Morgan fingerprint density at radius 2 is 2.04 bits per heavy atom. The lowest BCUT2D eigenvalue weighted by molar-refractivity contribution is 0.0950. The third kappa shape index (κ3) is 3.07. The van der Waals surface area contributed by atoms with Crippen LogP contribution < -0.4 is 5.32 Å². The molecule has 4 aromatic rings. The lowest BCUT2D eigenvalue weighted by Gasteiger charge is -2.06. The van der Waals surface area contributed by atoms with E-state index in [4.69, 9.17) is 0 Å². The van der Waals surface area contributed by atoms with Crippen LogP contribution in [-0.4, -0.2) is 31.1 Å². The predicted octanol–water partition coefficient (Wildman–Crippen LogP) is 2.34. The first kappa shape index (κ1) is 14.9. The van der Waals surface area contributed by atoms with Crippen LogP contribution in [0, 0.1) is 0 Å². The highest BCUT2D eigenvalue weighted by Crippen LogP contribution is 2.17. The maximum absolute atomic E-state index is 12.5. The molecule has 0 aliphatic carbocycles. The van der Waals surface area contributed by atoms with E-state index in [1.165, 1.54) is 0 Å². The van der Waals surface area contributed by atoms with E-state index in [1.807, 2.05) is 24.3 Å². The molecule has 2 N–H and O–H groups in total. The number of hydrogen-bond acceptors (Lipinski definition) is 5. The van der Waals surface area contributed by atoms with Crippen molar-refractivity contribution in [2.45, 2.75) is 6.54 Å². The maximum atomic E-state index is 12.5. The van der Waals surface area contributed by atoms with Crippen molar-refractivity contribution in [3.63, 3.8) is 0 Å². The molecule has 0 aliphatic rings. The number of aromatic amines is 1. The smallest absolute Gasteiger partial charge is 0.251 e. The molecular weight excluding hydrogens is 316 g/mol. The van der Waals surface area contributed by atoms with E-state index < -0.39 is 0 Å². The number of H-pyrrole nitrogens is 1. The third-order valence-electron chi connectivity index (χ3n) is 3.82. The molecule has 3 aromatic heterocycles. The van der Waals surface area contributed by atoms with E-state index in [0.717, 1.165) is 22.3 Å². The highest BCUT2D eigenvalue weighted by Gasteiger charge is 2.10. The maximum Gasteiger partial charge on any atom is 0.251 e. The van der Waals surface area contributed by atoms with E-state index in [9.17, 15) is 4.79 Å². The van der Waals surface area contributed by atoms with Crippen molar-refractivity contribution in [3.05, 3.63) is 72.4 Å². The van der Waals surface area contributed by atoms with Crippen molar-refractivity contribution in [2.24, 2.45) is 0 Å². The number of amides is 1. The molecule has 0 atom stereocenters. The van der Waals surface area contributed by atoms with E-state index in [0.29, 0.717) is 17.8 Å². The zero-order valence-corrected chi connectivity index (χ0v) is 13.2. The van der Waals surface area contributed by atoms with Gasteiger partial charge in [0.1, 0.15) is 0 Å². The number of benzene rings is 1. The number of nitrogens with zero attached hydrogens (tertiary/aromatic N) is 4. The minimum Gasteiger partial charge on any atom is -0.346 e. The summed E-state index contributed by atoms with van der Waals surface area (Å²) >= 11 is 0. The Labute approximate surface area is 143 Å². The second-order valence-corrected chi connectivity index (χ2v) is 5.43. The predicted molar refractivity (Wildman–Crippen MR) is 92.5 cm³/mol. The minimum atomic E-state index is -0.169. The molecule has 7 heteroatoms. The number of pyridine rings is 1. The zero-order valence-electron chi connectivity index (χ0n) is 13.2. The molecule has 3 heterocycles. The van der Waals surface area contributed by atoms with E-state index in [1.54, 1.807) is 36.9 Å². The molecule has 7 nitrogen and oxygen atoms in total. The van der Waals surface area contributed by atoms with Gasteiger partial charge in [-0.15, -0.1) is 0 Å². The number of fused-ring (bicyclic) bond motifs is 1. The van der Waals surface area contributed by atoms with Gasteiger partial charge in [-0.1, -0.05) is 12.1 Å². The SMILES string of the molecule is O=C(NCc1[nH]nc2ncccc12)c1cccc(-c2cnccn2)c1. The summed E-state index contributed by atoms with van der Waals surface area (Å²) in [5.74, 6) is -0.169. The van der Waals surface area contributed by atoms with Gasteiger partial charge in [0.2, 0.25) is 0 Å². The van der Waals surface area contributed by atoms with Crippen LogP contribution in [0.2, 0.25) is 0 Å². The summed E-state index contributed by atoms with van der Waals surface area (Å²) in [6, 6.07) is 11.0. The first-order chi connectivity index (χ1) is 12.3. The van der Waals surface area contributed by atoms with E-state index >= 15 is 0 Å². The largest absolute Gasteiger partial charge is 0.346 e. The fourth-order valence-electron chi connectivity index (χ4n) is 2.58. The van der Waals surface area contributed by atoms with Gasteiger partial charge in [0, 0.05) is 35.1 Å². The lowest BCUT2D eigenvalue weighted by Crippen LogP contribution is -2.23. The number of rotatable bonds is 4. The van der Waals surface area contributed by atoms with Gasteiger partial charge in [0.25, 0.3) is 5.91 Å². The van der Waals surface area contributed by atoms with Gasteiger partial charge < -0.3 is 5.32 Å². The van der Waals surface area contributed by atoms with Crippen LogP contribution in [0.25, 0.3) is 22.3 Å². The van der Waals surface area contributed by atoms with Gasteiger partial charge in [0.15, 0.2) is 5.65 Å². The first-order valence-corrected chi connectivity index (χ1v) is 7.74. The van der Waals surface area contributed by atoms with Gasteiger partial charge in [-0.05, 0) is 24.3 Å². The fourth-order valence-corrected chi connectivity index (χ4v) is 2.58. The average Bonchev–Trinajstić information content (AvgIpc) is 3.10. The summed E-state index contributed by atoms with van der Waals surface area (Å²) in [7, 11) is 0. The van der Waals surface area contributed by atoms with Gasteiger partial charge in [-0.3, -0.25) is 19.9 Å². The molecule has 0 fully saturated rings. The summed E-state index contributed by atoms with van der Waals surface area (Å²) < 4.78 is 0. The number of carbonyl (C=O) groups is 1. The normalized spacial score (nSPS) is 10.7. The molecule has 0 spiro atoms. The second-order valence-electron chi connectivity index (χ2n) is 5.43. The van der Waals surface area contributed by atoms with Crippen LogP contribution in [-0.2, 0) is 6.54 Å². The number of hydrogen-bond donors (Lipinski definition) is 2. The molecule has 4 rings (SSSR count). The lowest BCUT2D eigenvalue weighted by atomic mass is 10.1. The highest BCUT2D eigenvalue weighted by molar-refractivity contribution is 5.95. The number of nitrogens with one attached hydrogen (secondary N) is 2. The Bertz CT molecular complexity index is 1030. The molecule has 0 saturated heterocycles. The molecule has 122 valence electrons. The molecule has 0 saturated carbocycles. The molecule has 0 bridgehead atoms. The first-order valence-electron chi connectivity index (χ1n) is 7.74. The second kappa shape index (κ2) is 6.48. The fraction of sp³-hybridized carbons (Fsp3) is 0.0556. The van der Waals surface area contributed by atoms with Gasteiger partial charge in [-0.25, -0.2) is 4.98 Å². The van der Waals surface area contributed by atoms with Gasteiger partial charge >= 0.3 is 0 Å². The number of carbonyl (C=O) groups excluding carboxylic acids is 1. The van der Waals surface area contributed by atoms with Crippen molar-refractivity contribution in [1.29, 1.82) is 0 Å². The van der Waals surface area contributed by atoms with Crippen LogP contribution in [0.1, 0.15) is 16.1 Å². The molecule has 0 aliphatic heterocycles. The van der Waals surface area contributed by atoms with Gasteiger partial charge in [0.05, 0.1) is 24.1 Å². The Morgan fingerprint density at radius 3 is 2.92 bits per heavy atom. The quantitative estimate of drug-likeness (QED) is 0.599. The Kier molecular flexibility index (Phi) is 3.88. The van der Waals surface area contributed by atoms with Crippen LogP contribution in [0.3, 0.4) is 0 Å². The number of aromatic nitrogens is 5. The van der Waals surface area contributed by atoms with Crippen molar-refractivity contribution in [2.75, 3.05) is 0 Å². The molecule has 1 aromatic carbocycles. The van der Waals surface area contributed by atoms with E-state index in [2.05, 4.69) is 30.5 Å². The van der Waals surface area contributed by atoms with Crippen molar-refractivity contribution >= 4 is 16.9 Å². The Hall–Kier alpha value is -3.61. The summed E-state index contributed by atoms with van der Waals surface area (Å²) in [5.41, 5.74) is 3.59. The summed E-state index contributed by atoms with van der Waals surface area (Å²) in [6.07, 6.45) is 6.59. The summed E-state index contributed by atoms with van der Waals surface area (Å²) in [4.78, 5) is 24.9. The van der Waals surface area contributed by atoms with E-state index in [-0.39, 0.29) is 5.91 Å². The molecular formula is C18H14N6O. The van der Waals surface area contributed by atoms with Crippen LogP contribution in [0.5, 0.6) is 0 Å². The van der Waals surface area contributed by atoms with Crippen LogP contribution in [0.4, 0.5) is 0 Å². The average molecular weight is 330 g/mol. The minimum absolute atomic E-state index is 0.169. The molecule has 0 radical (unpaired) electrons. The standard InChI is InChI=1S/C18H14N6O/c25-18(22-11-16-14-5-2-6-21-17(14)24-23-16)13-4-1-3-12(9-13)15-10-19-7-8-20-15/h1-10H,11H2,(H,22,25)(H,21,23,24). The van der Waals surface area contributed by atoms with Gasteiger partial charge in [-0.2, -0.15) is 5.10 Å². The molecule has 0 unspecified atom stereocenters. The van der Waals surface area contributed by atoms with Crippen molar-refractivity contribution in [3.8, 4) is 11.3 Å². The highest BCUT2D eigenvalue weighted by atomic mass is 16.1. The monoisotopic (exact) mass is 330 g/mol. The van der Waals surface area contributed by atoms with Crippen molar-refractivity contribution < 1.29 is 4.79 Å². The third-order valence-corrected chi connectivity index (χ3v) is 3.82. The summed E-state index contributed by atoms with van der Waals surface area (Å²) in [6.45, 7) is 0.344. The summed E-state index contributed by atoms with van der Waals surface area (Å²) in [5, 5.41) is 10.8. The zero-order chi connectivity index (χ0) is 17.1. The topological polar surface area (TPSA) is 96.5 Å². The Morgan fingerprint density at radius 1 is 1.08 bits per heavy atom. The van der Waals surface area contributed by atoms with Crippen LogP contribution in [0.15, 0.2) is 61.2 Å². The van der Waals surface area contributed by atoms with Crippen molar-refractivity contribution in [1.82, 2.24) is 30.5 Å². The van der Waals surface area contributed by atoms with Crippen LogP contribution >= 0.6 is 0 Å².